The minimum Gasteiger partial charge on any atom is -0.326 e. The first-order chi connectivity index (χ1) is 9.84. The first-order valence-electron chi connectivity index (χ1n) is 7.35. The SMILES string of the molecule is CCCCCN(C(C)C)S(=O)(=O)c1cc(CN)ccc1F. The maximum Gasteiger partial charge on any atom is 0.246 e. The third kappa shape index (κ3) is 4.49. The molecule has 0 aliphatic carbocycles. The number of rotatable bonds is 8. The van der Waals surface area contributed by atoms with E-state index in [4.69, 9.17) is 5.73 Å². The molecule has 0 spiro atoms. The van der Waals surface area contributed by atoms with E-state index in [0.717, 1.165) is 19.3 Å². The minimum atomic E-state index is -3.84. The Bertz CT molecular complexity index is 559. The van der Waals surface area contributed by atoms with E-state index < -0.39 is 15.8 Å². The van der Waals surface area contributed by atoms with Gasteiger partial charge in [0.2, 0.25) is 10.0 Å². The summed E-state index contributed by atoms with van der Waals surface area (Å²) in [5, 5.41) is 0. The minimum absolute atomic E-state index is 0.181. The van der Waals surface area contributed by atoms with E-state index >= 15 is 0 Å². The highest BCUT2D eigenvalue weighted by Crippen LogP contribution is 2.23. The van der Waals surface area contributed by atoms with Gasteiger partial charge in [-0.15, -0.1) is 0 Å². The van der Waals surface area contributed by atoms with Crippen molar-refractivity contribution < 1.29 is 12.8 Å². The fourth-order valence-electron chi connectivity index (χ4n) is 2.17. The van der Waals surface area contributed by atoms with Gasteiger partial charge in [0, 0.05) is 19.1 Å². The van der Waals surface area contributed by atoms with Crippen LogP contribution in [0.25, 0.3) is 0 Å². The monoisotopic (exact) mass is 316 g/mol. The van der Waals surface area contributed by atoms with Gasteiger partial charge in [-0.1, -0.05) is 25.8 Å². The highest BCUT2D eigenvalue weighted by Gasteiger charge is 2.29. The number of halogens is 1. The van der Waals surface area contributed by atoms with Crippen molar-refractivity contribution in [2.45, 2.75) is 57.5 Å². The van der Waals surface area contributed by atoms with Crippen molar-refractivity contribution >= 4 is 10.0 Å². The van der Waals surface area contributed by atoms with Crippen LogP contribution < -0.4 is 5.73 Å². The topological polar surface area (TPSA) is 63.4 Å². The average Bonchev–Trinajstić information content (AvgIpc) is 2.43. The number of nitrogens with two attached hydrogens (primary N) is 1. The Hall–Kier alpha value is -0.980. The van der Waals surface area contributed by atoms with Gasteiger partial charge >= 0.3 is 0 Å². The molecule has 1 rings (SSSR count). The summed E-state index contributed by atoms with van der Waals surface area (Å²) in [5.41, 5.74) is 6.12. The zero-order valence-corrected chi connectivity index (χ0v) is 13.8. The highest BCUT2D eigenvalue weighted by molar-refractivity contribution is 7.89. The number of unbranched alkanes of at least 4 members (excludes halogenated alkanes) is 2. The summed E-state index contributed by atoms with van der Waals surface area (Å²) < 4.78 is 40.7. The van der Waals surface area contributed by atoms with Gasteiger partial charge in [0.1, 0.15) is 10.7 Å². The number of benzene rings is 1. The lowest BCUT2D eigenvalue weighted by Crippen LogP contribution is -2.38. The molecule has 6 heteroatoms. The molecule has 0 bridgehead atoms. The van der Waals surface area contributed by atoms with E-state index in [-0.39, 0.29) is 17.5 Å². The van der Waals surface area contributed by atoms with Gasteiger partial charge in [-0.05, 0) is 38.0 Å². The van der Waals surface area contributed by atoms with Crippen molar-refractivity contribution in [1.82, 2.24) is 4.31 Å². The van der Waals surface area contributed by atoms with Gasteiger partial charge in [0.05, 0.1) is 0 Å². The third-order valence-corrected chi connectivity index (χ3v) is 5.47. The molecule has 0 aromatic heterocycles. The molecule has 0 heterocycles. The summed E-state index contributed by atoms with van der Waals surface area (Å²) in [6, 6.07) is 3.79. The van der Waals surface area contributed by atoms with Crippen LogP contribution in [0.15, 0.2) is 23.1 Å². The smallest absolute Gasteiger partial charge is 0.246 e. The molecule has 0 radical (unpaired) electrons. The molecule has 120 valence electrons. The van der Waals surface area contributed by atoms with Crippen molar-refractivity contribution in [3.8, 4) is 0 Å². The molecule has 0 saturated heterocycles. The van der Waals surface area contributed by atoms with Crippen LogP contribution in [-0.4, -0.2) is 25.3 Å². The Labute approximate surface area is 127 Å². The lowest BCUT2D eigenvalue weighted by Gasteiger charge is -2.26. The molecule has 0 amide bonds. The van der Waals surface area contributed by atoms with E-state index in [0.29, 0.717) is 12.1 Å². The van der Waals surface area contributed by atoms with Crippen molar-refractivity contribution in [2.75, 3.05) is 6.54 Å². The zero-order valence-electron chi connectivity index (χ0n) is 13.0. The zero-order chi connectivity index (χ0) is 16.0. The Morgan fingerprint density at radius 2 is 1.95 bits per heavy atom. The summed E-state index contributed by atoms with van der Waals surface area (Å²) in [6.45, 7) is 6.24. The predicted octanol–water partition coefficient (Wildman–Crippen LogP) is 2.87. The maximum atomic E-state index is 14.0. The van der Waals surface area contributed by atoms with Gasteiger partial charge in [0.15, 0.2) is 0 Å². The van der Waals surface area contributed by atoms with E-state index in [2.05, 4.69) is 6.92 Å². The standard InChI is InChI=1S/C15H25FN2O2S/c1-4-5-6-9-18(12(2)3)21(19,20)15-10-13(11-17)7-8-14(15)16/h7-8,10,12H,4-6,9,11,17H2,1-3H3. The Kier molecular flexibility index (Phi) is 6.77. The van der Waals surface area contributed by atoms with Crippen LogP contribution >= 0.6 is 0 Å². The van der Waals surface area contributed by atoms with E-state index in [1.165, 1.54) is 22.5 Å². The van der Waals surface area contributed by atoms with Gasteiger partial charge < -0.3 is 5.73 Å². The first kappa shape index (κ1) is 18.1. The molecule has 0 saturated carbocycles. The molecule has 21 heavy (non-hydrogen) atoms. The third-order valence-electron chi connectivity index (χ3n) is 3.38. The number of hydrogen-bond donors (Lipinski definition) is 1. The maximum absolute atomic E-state index is 14.0. The number of hydrogen-bond acceptors (Lipinski definition) is 3. The molecule has 0 atom stereocenters. The van der Waals surface area contributed by atoms with E-state index in [1.54, 1.807) is 13.8 Å². The van der Waals surface area contributed by atoms with Crippen molar-refractivity contribution in [3.63, 3.8) is 0 Å². The predicted molar refractivity (Wildman–Crippen MR) is 82.8 cm³/mol. The second-order valence-electron chi connectivity index (χ2n) is 5.39. The second kappa shape index (κ2) is 7.87. The molecule has 1 aromatic rings. The normalized spacial score (nSPS) is 12.3. The number of sulfonamides is 1. The summed E-state index contributed by atoms with van der Waals surface area (Å²) >= 11 is 0. The molecule has 0 fully saturated rings. The highest BCUT2D eigenvalue weighted by atomic mass is 32.2. The fraction of sp³-hybridized carbons (Fsp3) is 0.600. The largest absolute Gasteiger partial charge is 0.326 e. The van der Waals surface area contributed by atoms with Crippen LogP contribution in [0.5, 0.6) is 0 Å². The summed E-state index contributed by atoms with van der Waals surface area (Å²) in [6.07, 6.45) is 2.72. The second-order valence-corrected chi connectivity index (χ2v) is 7.24. The molecule has 0 aliphatic heterocycles. The van der Waals surface area contributed by atoms with Gasteiger partial charge in [0.25, 0.3) is 0 Å². The molecule has 4 nitrogen and oxygen atoms in total. The summed E-state index contributed by atoms with van der Waals surface area (Å²) in [5.74, 6) is -0.728. The molecule has 2 N–H and O–H groups in total. The Morgan fingerprint density at radius 3 is 2.48 bits per heavy atom. The molecule has 1 aromatic carbocycles. The fourth-order valence-corrected chi connectivity index (χ4v) is 3.96. The van der Waals surface area contributed by atoms with Crippen LogP contribution in [0.4, 0.5) is 4.39 Å². The van der Waals surface area contributed by atoms with Crippen molar-refractivity contribution in [2.24, 2.45) is 5.73 Å². The summed E-state index contributed by atoms with van der Waals surface area (Å²) in [4.78, 5) is -0.282. The van der Waals surface area contributed by atoms with Crippen LogP contribution in [-0.2, 0) is 16.6 Å². The quantitative estimate of drug-likeness (QED) is 0.750. The van der Waals surface area contributed by atoms with Crippen LogP contribution in [0.1, 0.15) is 45.6 Å². The lowest BCUT2D eigenvalue weighted by molar-refractivity contribution is 0.344. The van der Waals surface area contributed by atoms with Crippen molar-refractivity contribution in [3.05, 3.63) is 29.6 Å². The van der Waals surface area contributed by atoms with Gasteiger partial charge in [-0.3, -0.25) is 0 Å². The molecular weight excluding hydrogens is 291 g/mol. The molecule has 0 unspecified atom stereocenters. The van der Waals surface area contributed by atoms with Gasteiger partial charge in [-0.2, -0.15) is 4.31 Å². The van der Waals surface area contributed by atoms with Crippen molar-refractivity contribution in [1.29, 1.82) is 0 Å². The van der Waals surface area contributed by atoms with E-state index in [9.17, 15) is 12.8 Å². The number of nitrogens with zero attached hydrogens (tertiary/aromatic N) is 1. The Morgan fingerprint density at radius 1 is 1.29 bits per heavy atom. The van der Waals surface area contributed by atoms with E-state index in [1.807, 2.05) is 0 Å². The van der Waals surface area contributed by atoms with Crippen LogP contribution in [0, 0.1) is 5.82 Å². The molecule has 0 aliphatic rings. The Balaban J connectivity index is 3.16. The lowest BCUT2D eigenvalue weighted by atomic mass is 10.2. The first-order valence-corrected chi connectivity index (χ1v) is 8.79. The van der Waals surface area contributed by atoms with Gasteiger partial charge in [-0.25, -0.2) is 12.8 Å². The average molecular weight is 316 g/mol. The summed E-state index contributed by atoms with van der Waals surface area (Å²) in [7, 11) is -3.84. The molecular formula is C15H25FN2O2S. The van der Waals surface area contributed by atoms with Crippen LogP contribution in [0.2, 0.25) is 0 Å². The van der Waals surface area contributed by atoms with Crippen LogP contribution in [0.3, 0.4) is 0 Å².